The molecule has 1 aliphatic heterocycles. The molecule has 2 atom stereocenters. The summed E-state index contributed by atoms with van der Waals surface area (Å²) in [5, 5.41) is 2.91. The van der Waals surface area contributed by atoms with Gasteiger partial charge in [-0.1, -0.05) is 32.0 Å². The number of rotatable bonds is 8. The van der Waals surface area contributed by atoms with E-state index in [4.69, 9.17) is 4.74 Å². The van der Waals surface area contributed by atoms with E-state index in [-0.39, 0.29) is 5.91 Å². The van der Waals surface area contributed by atoms with Gasteiger partial charge in [-0.05, 0) is 42.9 Å². The second-order valence-electron chi connectivity index (χ2n) is 7.95. The summed E-state index contributed by atoms with van der Waals surface area (Å²) in [6.45, 7) is 9.07. The van der Waals surface area contributed by atoms with Gasteiger partial charge >= 0.3 is 0 Å². The van der Waals surface area contributed by atoms with Crippen LogP contribution < -0.4 is 10.1 Å². The Morgan fingerprint density at radius 1 is 1.18 bits per heavy atom. The molecule has 28 heavy (non-hydrogen) atoms. The Morgan fingerprint density at radius 3 is 2.71 bits per heavy atom. The number of piperidine rings is 1. The van der Waals surface area contributed by atoms with E-state index in [0.29, 0.717) is 18.7 Å². The highest BCUT2D eigenvalue weighted by Crippen LogP contribution is 2.25. The van der Waals surface area contributed by atoms with Crippen molar-refractivity contribution in [3.05, 3.63) is 59.9 Å². The molecule has 0 radical (unpaired) electrons. The average Bonchev–Trinajstić information content (AvgIpc) is 2.68. The van der Waals surface area contributed by atoms with Crippen LogP contribution in [-0.4, -0.2) is 42.0 Å². The van der Waals surface area contributed by atoms with Crippen LogP contribution in [0.5, 0.6) is 5.75 Å². The first-order valence-electron chi connectivity index (χ1n) is 10.2. The fourth-order valence-electron chi connectivity index (χ4n) is 3.99. The van der Waals surface area contributed by atoms with Gasteiger partial charge in [-0.2, -0.15) is 0 Å². The monoisotopic (exact) mass is 381 g/mol. The van der Waals surface area contributed by atoms with Crippen LogP contribution in [0.3, 0.4) is 0 Å². The maximum atomic E-state index is 12.0. The van der Waals surface area contributed by atoms with Crippen LogP contribution in [0.2, 0.25) is 0 Å². The molecule has 0 spiro atoms. The number of aromatic nitrogens is 1. The van der Waals surface area contributed by atoms with Crippen molar-refractivity contribution in [1.29, 1.82) is 0 Å². The van der Waals surface area contributed by atoms with E-state index in [1.165, 1.54) is 12.0 Å². The second kappa shape index (κ2) is 10.2. The summed E-state index contributed by atoms with van der Waals surface area (Å²) in [7, 11) is 0. The van der Waals surface area contributed by atoms with E-state index in [2.05, 4.69) is 41.2 Å². The fraction of sp³-hybridized carbons (Fsp3) is 0.478. The van der Waals surface area contributed by atoms with Crippen molar-refractivity contribution >= 4 is 5.91 Å². The zero-order chi connectivity index (χ0) is 19.8. The summed E-state index contributed by atoms with van der Waals surface area (Å²) >= 11 is 0. The van der Waals surface area contributed by atoms with Gasteiger partial charge < -0.3 is 10.1 Å². The predicted octanol–water partition coefficient (Wildman–Crippen LogP) is 3.76. The third-order valence-corrected chi connectivity index (χ3v) is 5.10. The van der Waals surface area contributed by atoms with Crippen molar-refractivity contribution in [2.24, 2.45) is 11.8 Å². The van der Waals surface area contributed by atoms with Gasteiger partial charge in [0, 0.05) is 44.1 Å². The molecule has 1 aliphatic rings. The molecule has 1 amide bonds. The Morgan fingerprint density at radius 2 is 1.96 bits per heavy atom. The number of nitrogens with zero attached hydrogens (tertiary/aromatic N) is 2. The van der Waals surface area contributed by atoms with Crippen molar-refractivity contribution < 1.29 is 9.53 Å². The van der Waals surface area contributed by atoms with Gasteiger partial charge in [0.25, 0.3) is 5.91 Å². The minimum Gasteiger partial charge on any atom is -0.493 e. The molecule has 5 heteroatoms. The lowest BCUT2D eigenvalue weighted by atomic mass is 9.91. The molecule has 1 aromatic carbocycles. The maximum absolute atomic E-state index is 12.0. The van der Waals surface area contributed by atoms with Gasteiger partial charge in [0.1, 0.15) is 5.75 Å². The normalized spacial score (nSPS) is 19.9. The van der Waals surface area contributed by atoms with E-state index >= 15 is 0 Å². The average molecular weight is 382 g/mol. The van der Waals surface area contributed by atoms with Crippen LogP contribution in [-0.2, 0) is 6.54 Å². The number of hydrogen-bond donors (Lipinski definition) is 1. The molecule has 5 nitrogen and oxygen atoms in total. The first-order chi connectivity index (χ1) is 13.6. The van der Waals surface area contributed by atoms with Crippen molar-refractivity contribution in [2.75, 3.05) is 26.2 Å². The maximum Gasteiger partial charge on any atom is 0.252 e. The van der Waals surface area contributed by atoms with Gasteiger partial charge in [0.2, 0.25) is 0 Å². The van der Waals surface area contributed by atoms with Crippen molar-refractivity contribution in [2.45, 2.75) is 33.2 Å². The van der Waals surface area contributed by atoms with E-state index in [1.807, 2.05) is 12.1 Å². The summed E-state index contributed by atoms with van der Waals surface area (Å²) in [6, 6.07) is 11.8. The number of nitrogens with one attached hydrogen (secondary N) is 1. The number of benzene rings is 1. The predicted molar refractivity (Wildman–Crippen MR) is 111 cm³/mol. The van der Waals surface area contributed by atoms with Crippen LogP contribution in [0, 0.1) is 11.8 Å². The molecule has 1 fully saturated rings. The number of pyridine rings is 1. The Bertz CT molecular complexity index is 741. The molecule has 2 heterocycles. The van der Waals surface area contributed by atoms with Gasteiger partial charge in [0.15, 0.2) is 0 Å². The third kappa shape index (κ3) is 6.06. The quantitative estimate of drug-likeness (QED) is 0.708. The topological polar surface area (TPSA) is 54.5 Å². The smallest absolute Gasteiger partial charge is 0.252 e. The number of amides is 1. The Kier molecular flexibility index (Phi) is 7.43. The summed E-state index contributed by atoms with van der Waals surface area (Å²) in [4.78, 5) is 18.5. The lowest BCUT2D eigenvalue weighted by Gasteiger charge is -2.35. The van der Waals surface area contributed by atoms with Crippen LogP contribution in [0.15, 0.2) is 48.8 Å². The van der Waals surface area contributed by atoms with Crippen molar-refractivity contribution in [1.82, 2.24) is 15.2 Å². The minimum absolute atomic E-state index is 0.0955. The molecule has 2 unspecified atom stereocenters. The van der Waals surface area contributed by atoms with Gasteiger partial charge in [-0.15, -0.1) is 0 Å². The number of carbonyl (C=O) groups excluding carboxylic acids is 1. The van der Waals surface area contributed by atoms with E-state index in [9.17, 15) is 4.79 Å². The standard InChI is InChI=1S/C23H31N3O2/c1-18-13-19(2)16-26(15-18)17-21-7-3-4-9-22(21)28-12-6-11-25-23(27)20-8-5-10-24-14-20/h3-5,7-10,14,18-19H,6,11-13,15-17H2,1-2H3,(H,25,27). The molecule has 0 aliphatic carbocycles. The molecular weight excluding hydrogens is 350 g/mol. The van der Waals surface area contributed by atoms with Crippen LogP contribution >= 0.6 is 0 Å². The second-order valence-corrected chi connectivity index (χ2v) is 7.95. The zero-order valence-electron chi connectivity index (χ0n) is 16.9. The molecule has 1 aromatic heterocycles. The van der Waals surface area contributed by atoms with E-state index in [0.717, 1.165) is 43.6 Å². The highest BCUT2D eigenvalue weighted by atomic mass is 16.5. The third-order valence-electron chi connectivity index (χ3n) is 5.10. The van der Waals surface area contributed by atoms with Gasteiger partial charge in [0.05, 0.1) is 12.2 Å². The number of ether oxygens (including phenoxy) is 1. The zero-order valence-corrected chi connectivity index (χ0v) is 16.9. The first kappa shape index (κ1) is 20.3. The molecule has 1 N–H and O–H groups in total. The van der Waals surface area contributed by atoms with Crippen LogP contribution in [0.1, 0.15) is 42.6 Å². The lowest BCUT2D eigenvalue weighted by Crippen LogP contribution is -2.38. The summed E-state index contributed by atoms with van der Waals surface area (Å²) in [6.07, 6.45) is 5.31. The SMILES string of the molecule is CC1CC(C)CN(Cc2ccccc2OCCCNC(=O)c2cccnc2)C1. The summed E-state index contributed by atoms with van der Waals surface area (Å²) in [5.41, 5.74) is 1.82. The molecule has 150 valence electrons. The number of carbonyl (C=O) groups is 1. The highest BCUT2D eigenvalue weighted by molar-refractivity contribution is 5.93. The van der Waals surface area contributed by atoms with Crippen LogP contribution in [0.4, 0.5) is 0 Å². The van der Waals surface area contributed by atoms with Crippen LogP contribution in [0.25, 0.3) is 0 Å². The molecule has 0 saturated carbocycles. The Labute approximate surface area is 168 Å². The van der Waals surface area contributed by atoms with Crippen molar-refractivity contribution in [3.63, 3.8) is 0 Å². The molecule has 0 bridgehead atoms. The molecule has 2 aromatic rings. The van der Waals surface area contributed by atoms with Gasteiger partial charge in [-0.3, -0.25) is 14.7 Å². The van der Waals surface area contributed by atoms with E-state index < -0.39 is 0 Å². The molecule has 3 rings (SSSR count). The van der Waals surface area contributed by atoms with Gasteiger partial charge in [-0.25, -0.2) is 0 Å². The summed E-state index contributed by atoms with van der Waals surface area (Å²) < 4.78 is 6.03. The Hall–Kier alpha value is -2.40. The minimum atomic E-state index is -0.0955. The number of para-hydroxylation sites is 1. The highest BCUT2D eigenvalue weighted by Gasteiger charge is 2.22. The number of hydrogen-bond acceptors (Lipinski definition) is 4. The van der Waals surface area contributed by atoms with E-state index in [1.54, 1.807) is 24.5 Å². The number of likely N-dealkylation sites (tertiary alicyclic amines) is 1. The lowest BCUT2D eigenvalue weighted by molar-refractivity contribution is 0.0951. The first-order valence-corrected chi connectivity index (χ1v) is 10.2. The molecular formula is C23H31N3O2. The molecule has 1 saturated heterocycles. The van der Waals surface area contributed by atoms with Crippen molar-refractivity contribution in [3.8, 4) is 5.75 Å². The Balaban J connectivity index is 1.44. The fourth-order valence-corrected chi connectivity index (χ4v) is 3.99. The largest absolute Gasteiger partial charge is 0.493 e. The summed E-state index contributed by atoms with van der Waals surface area (Å²) in [5.74, 6) is 2.36.